The summed E-state index contributed by atoms with van der Waals surface area (Å²) in [6, 6.07) is 3.55. The minimum Gasteiger partial charge on any atom is -0.467 e. The summed E-state index contributed by atoms with van der Waals surface area (Å²) in [4.78, 5) is 18.1. The van der Waals surface area contributed by atoms with Crippen molar-refractivity contribution in [3.8, 4) is 0 Å². The molecule has 0 saturated heterocycles. The third-order valence-corrected chi connectivity index (χ3v) is 3.62. The Balaban J connectivity index is 1.98. The van der Waals surface area contributed by atoms with E-state index in [-0.39, 0.29) is 17.5 Å². The first kappa shape index (κ1) is 16.1. The molecule has 0 saturated carbocycles. The molecule has 2 aromatic heterocycles. The monoisotopic (exact) mass is 304 g/mol. The van der Waals surface area contributed by atoms with Crippen LogP contribution in [-0.2, 0) is 13.1 Å². The van der Waals surface area contributed by atoms with Crippen LogP contribution in [0.4, 0.5) is 4.79 Å². The van der Waals surface area contributed by atoms with Gasteiger partial charge in [0, 0.05) is 26.0 Å². The van der Waals surface area contributed by atoms with Crippen LogP contribution >= 0.6 is 0 Å². The molecule has 22 heavy (non-hydrogen) atoms. The minimum absolute atomic E-state index is 0.00625. The quantitative estimate of drug-likeness (QED) is 0.924. The zero-order valence-electron chi connectivity index (χ0n) is 13.6. The fourth-order valence-electron chi connectivity index (χ4n) is 2.11. The molecule has 1 N–H and O–H groups in total. The number of amides is 2. The van der Waals surface area contributed by atoms with E-state index in [4.69, 9.17) is 4.42 Å². The first-order valence-corrected chi connectivity index (χ1v) is 7.36. The maximum atomic E-state index is 12.4. The maximum absolute atomic E-state index is 12.4. The Morgan fingerprint density at radius 3 is 2.82 bits per heavy atom. The molecular weight excluding hydrogens is 280 g/mol. The van der Waals surface area contributed by atoms with Crippen molar-refractivity contribution in [1.82, 2.24) is 19.8 Å². The number of hydrogen-bond donors (Lipinski definition) is 1. The van der Waals surface area contributed by atoms with E-state index in [1.54, 1.807) is 30.7 Å². The molecule has 0 aliphatic carbocycles. The molecule has 2 rings (SSSR count). The van der Waals surface area contributed by atoms with Crippen LogP contribution in [0.25, 0.3) is 0 Å². The summed E-state index contributed by atoms with van der Waals surface area (Å²) in [6.07, 6.45) is 7.01. The smallest absolute Gasteiger partial charge is 0.317 e. The summed E-state index contributed by atoms with van der Waals surface area (Å²) < 4.78 is 7.25. The van der Waals surface area contributed by atoms with Gasteiger partial charge in [-0.15, -0.1) is 0 Å². The zero-order chi connectivity index (χ0) is 16.2. The second-order valence-corrected chi connectivity index (χ2v) is 6.56. The molecule has 2 amide bonds. The van der Waals surface area contributed by atoms with Gasteiger partial charge in [0.25, 0.3) is 0 Å². The molecule has 0 aromatic carbocycles. The topological polar surface area (TPSA) is 63.3 Å². The van der Waals surface area contributed by atoms with Gasteiger partial charge in [0.2, 0.25) is 0 Å². The largest absolute Gasteiger partial charge is 0.467 e. The van der Waals surface area contributed by atoms with Crippen LogP contribution in [0.15, 0.2) is 41.5 Å². The molecule has 120 valence electrons. The number of furan rings is 1. The van der Waals surface area contributed by atoms with Crippen molar-refractivity contribution in [3.63, 3.8) is 0 Å². The molecule has 6 heteroatoms. The second-order valence-electron chi connectivity index (χ2n) is 6.56. The van der Waals surface area contributed by atoms with E-state index < -0.39 is 0 Å². The fraction of sp³-hybridized carbons (Fsp3) is 0.500. The van der Waals surface area contributed by atoms with E-state index >= 15 is 0 Å². The van der Waals surface area contributed by atoms with Crippen LogP contribution < -0.4 is 5.32 Å². The van der Waals surface area contributed by atoms with E-state index in [0.717, 1.165) is 5.76 Å². The summed E-state index contributed by atoms with van der Waals surface area (Å²) in [5.74, 6) is 0.763. The average Bonchev–Trinajstić information content (AvgIpc) is 3.09. The number of hydrogen-bond acceptors (Lipinski definition) is 3. The lowest BCUT2D eigenvalue weighted by atomic mass is 9.86. The normalized spacial score (nSPS) is 12.9. The Labute approximate surface area is 131 Å². The lowest BCUT2D eigenvalue weighted by Crippen LogP contribution is -2.50. The summed E-state index contributed by atoms with van der Waals surface area (Å²) >= 11 is 0. The van der Waals surface area contributed by atoms with Crippen molar-refractivity contribution >= 4 is 6.03 Å². The van der Waals surface area contributed by atoms with E-state index in [9.17, 15) is 4.79 Å². The Bertz CT molecular complexity index is 570. The van der Waals surface area contributed by atoms with Gasteiger partial charge in [-0.3, -0.25) is 0 Å². The highest BCUT2D eigenvalue weighted by Crippen LogP contribution is 2.21. The summed E-state index contributed by atoms with van der Waals surface area (Å²) in [7, 11) is 1.76. The van der Waals surface area contributed by atoms with Gasteiger partial charge in [-0.2, -0.15) is 0 Å². The van der Waals surface area contributed by atoms with Crippen LogP contribution in [0, 0.1) is 5.41 Å². The molecule has 2 heterocycles. The van der Waals surface area contributed by atoms with Crippen molar-refractivity contribution in [2.75, 3.05) is 7.05 Å². The van der Waals surface area contributed by atoms with Gasteiger partial charge in [0.15, 0.2) is 0 Å². The number of carbonyl (C=O) groups is 1. The van der Waals surface area contributed by atoms with Gasteiger partial charge in [-0.05, 0) is 17.5 Å². The van der Waals surface area contributed by atoms with Crippen LogP contribution in [0.1, 0.15) is 26.5 Å². The SMILES string of the molecule is CN(Cc1ccco1)C(=O)N[C@@H](Cn1ccnc1)C(C)(C)C. The first-order valence-electron chi connectivity index (χ1n) is 7.36. The third-order valence-electron chi connectivity index (χ3n) is 3.62. The van der Waals surface area contributed by atoms with E-state index in [2.05, 4.69) is 31.1 Å². The van der Waals surface area contributed by atoms with Crippen LogP contribution in [0.2, 0.25) is 0 Å². The minimum atomic E-state index is -0.114. The molecule has 2 aromatic rings. The molecule has 0 aliphatic rings. The molecule has 0 fully saturated rings. The highest BCUT2D eigenvalue weighted by atomic mass is 16.3. The van der Waals surface area contributed by atoms with Crippen molar-refractivity contribution in [1.29, 1.82) is 0 Å². The predicted octanol–water partition coefficient (Wildman–Crippen LogP) is 2.73. The fourth-order valence-corrected chi connectivity index (χ4v) is 2.11. The molecule has 0 aliphatic heterocycles. The van der Waals surface area contributed by atoms with E-state index in [1.807, 2.05) is 22.9 Å². The van der Waals surface area contributed by atoms with Gasteiger partial charge in [0.1, 0.15) is 5.76 Å². The Hall–Kier alpha value is -2.24. The van der Waals surface area contributed by atoms with Gasteiger partial charge in [-0.1, -0.05) is 20.8 Å². The number of nitrogens with one attached hydrogen (secondary N) is 1. The number of imidazole rings is 1. The Morgan fingerprint density at radius 1 is 1.50 bits per heavy atom. The van der Waals surface area contributed by atoms with Crippen LogP contribution in [0.3, 0.4) is 0 Å². The average molecular weight is 304 g/mol. The summed E-state index contributed by atoms with van der Waals surface area (Å²) in [5, 5.41) is 3.10. The molecule has 0 bridgehead atoms. The number of rotatable bonds is 5. The molecular formula is C16H24N4O2. The van der Waals surface area contributed by atoms with E-state index in [1.165, 1.54) is 0 Å². The highest BCUT2D eigenvalue weighted by Gasteiger charge is 2.27. The van der Waals surface area contributed by atoms with Crippen LogP contribution in [0.5, 0.6) is 0 Å². The number of carbonyl (C=O) groups excluding carboxylic acids is 1. The van der Waals surface area contributed by atoms with Crippen molar-refractivity contribution < 1.29 is 9.21 Å². The molecule has 0 unspecified atom stereocenters. The highest BCUT2D eigenvalue weighted by molar-refractivity contribution is 5.74. The second kappa shape index (κ2) is 6.68. The Morgan fingerprint density at radius 2 is 2.27 bits per heavy atom. The summed E-state index contributed by atoms with van der Waals surface area (Å²) in [5.41, 5.74) is -0.0640. The number of urea groups is 1. The lowest BCUT2D eigenvalue weighted by Gasteiger charge is -2.33. The van der Waals surface area contributed by atoms with Crippen molar-refractivity contribution in [2.45, 2.75) is 39.9 Å². The van der Waals surface area contributed by atoms with Crippen LogP contribution in [-0.4, -0.2) is 33.6 Å². The summed E-state index contributed by atoms with van der Waals surface area (Å²) in [6.45, 7) is 7.47. The molecule has 0 radical (unpaired) electrons. The Kier molecular flexibility index (Phi) is 4.90. The predicted molar refractivity (Wildman–Crippen MR) is 84.2 cm³/mol. The molecule has 6 nitrogen and oxygen atoms in total. The van der Waals surface area contributed by atoms with Gasteiger partial charge >= 0.3 is 6.03 Å². The van der Waals surface area contributed by atoms with Crippen molar-refractivity contribution in [2.24, 2.45) is 5.41 Å². The number of nitrogens with zero attached hydrogens (tertiary/aromatic N) is 3. The van der Waals surface area contributed by atoms with Gasteiger partial charge < -0.3 is 19.2 Å². The van der Waals surface area contributed by atoms with Gasteiger partial charge in [0.05, 0.1) is 25.2 Å². The number of aromatic nitrogens is 2. The van der Waals surface area contributed by atoms with E-state index in [0.29, 0.717) is 13.1 Å². The van der Waals surface area contributed by atoms with Gasteiger partial charge in [-0.25, -0.2) is 9.78 Å². The maximum Gasteiger partial charge on any atom is 0.317 e. The third kappa shape index (κ3) is 4.38. The molecule has 0 spiro atoms. The standard InChI is InChI=1S/C16H24N4O2/c1-16(2,3)14(11-20-8-7-17-12-20)18-15(21)19(4)10-13-6-5-9-22-13/h5-9,12,14H,10-11H2,1-4H3,(H,18,21)/t14-/m0/s1. The first-order chi connectivity index (χ1) is 10.4. The van der Waals surface area contributed by atoms with Crippen molar-refractivity contribution in [3.05, 3.63) is 42.9 Å². The zero-order valence-corrected chi connectivity index (χ0v) is 13.6. The molecule has 1 atom stereocenters. The lowest BCUT2D eigenvalue weighted by molar-refractivity contribution is 0.178.